The number of carboxylic acid groups (broad SMARTS) is 1. The molecule has 0 bridgehead atoms. The van der Waals surface area contributed by atoms with E-state index < -0.39 is 42.6 Å². The van der Waals surface area contributed by atoms with Crippen molar-refractivity contribution in [3.8, 4) is 17.2 Å². The second-order valence-corrected chi connectivity index (χ2v) is 5.88. The average Bonchev–Trinajstić information content (AvgIpc) is 2.61. The predicted molar refractivity (Wildman–Crippen MR) is 85.1 cm³/mol. The van der Waals surface area contributed by atoms with Crippen LogP contribution in [0.4, 0.5) is 0 Å². The highest BCUT2D eigenvalue weighted by molar-refractivity contribution is 5.74. The quantitative estimate of drug-likeness (QED) is 0.311. The van der Waals surface area contributed by atoms with E-state index in [0.717, 1.165) is 6.07 Å². The number of benzene rings is 1. The van der Waals surface area contributed by atoms with E-state index in [-0.39, 0.29) is 35.7 Å². The van der Waals surface area contributed by atoms with Crippen molar-refractivity contribution in [1.82, 2.24) is 0 Å². The summed E-state index contributed by atoms with van der Waals surface area (Å²) in [5, 5.41) is 57.3. The van der Waals surface area contributed by atoms with Crippen molar-refractivity contribution in [2.75, 3.05) is 7.11 Å². The predicted octanol–water partition coefficient (Wildman–Crippen LogP) is -1.53. The van der Waals surface area contributed by atoms with Crippen molar-refractivity contribution in [3.63, 3.8) is 0 Å². The largest absolute Gasteiger partial charge is 0.508 e. The van der Waals surface area contributed by atoms with Crippen LogP contribution in [0.15, 0.2) is 12.1 Å². The fourth-order valence-electron chi connectivity index (χ4n) is 2.54. The molecule has 6 N–H and O–H groups in total. The van der Waals surface area contributed by atoms with Gasteiger partial charge in [0.1, 0.15) is 24.1 Å². The number of carboxylic acids is 1. The number of phenols is 2. The summed E-state index contributed by atoms with van der Waals surface area (Å²) in [6.07, 6.45) is -9.63. The van der Waals surface area contributed by atoms with Gasteiger partial charge in [-0.15, -0.1) is 0 Å². The minimum absolute atomic E-state index is 0.0301. The first kappa shape index (κ1) is 20.7. The minimum Gasteiger partial charge on any atom is -0.508 e. The molecule has 1 fully saturated rings. The number of rotatable bonds is 6. The number of aliphatic carboxylic acids is 1. The van der Waals surface area contributed by atoms with Gasteiger partial charge in [0.15, 0.2) is 17.6 Å². The normalized spacial score (nSPS) is 27.8. The van der Waals surface area contributed by atoms with E-state index in [1.807, 2.05) is 0 Å². The molecule has 0 amide bonds. The molecule has 11 heteroatoms. The van der Waals surface area contributed by atoms with Gasteiger partial charge in [-0.1, -0.05) is 0 Å². The molecule has 1 aliphatic rings. The van der Waals surface area contributed by atoms with Crippen LogP contribution in [0.3, 0.4) is 0 Å². The molecule has 1 aliphatic heterocycles. The number of aliphatic hydroxyl groups is 3. The van der Waals surface area contributed by atoms with Gasteiger partial charge in [0.25, 0.3) is 0 Å². The summed E-state index contributed by atoms with van der Waals surface area (Å²) in [5.41, 5.74) is 0.269. The molecule has 1 aromatic rings. The Hall–Kier alpha value is -2.60. The van der Waals surface area contributed by atoms with Crippen LogP contribution in [-0.4, -0.2) is 80.4 Å². The van der Waals surface area contributed by atoms with E-state index in [1.165, 1.54) is 13.2 Å². The van der Waals surface area contributed by atoms with Crippen LogP contribution in [0.2, 0.25) is 0 Å². The van der Waals surface area contributed by atoms with E-state index >= 15 is 0 Å². The standard InChI is InChI=1S/C16H20O11/c1-25-9-4-6(7(17)5-8(9)18)2-3-10(19)26-16-13(22)11(20)12(21)14(27-16)15(23)24/h4-5,11-14,16-18,20-22H,2-3H2,1H3,(H,23,24). The van der Waals surface area contributed by atoms with Gasteiger partial charge in [0.05, 0.1) is 7.11 Å². The third kappa shape index (κ3) is 4.57. The van der Waals surface area contributed by atoms with Crippen molar-refractivity contribution >= 4 is 11.9 Å². The van der Waals surface area contributed by atoms with Gasteiger partial charge in [-0.2, -0.15) is 0 Å². The molecule has 11 nitrogen and oxygen atoms in total. The van der Waals surface area contributed by atoms with Crippen LogP contribution >= 0.6 is 0 Å². The van der Waals surface area contributed by atoms with Crippen LogP contribution in [0, 0.1) is 0 Å². The van der Waals surface area contributed by atoms with Gasteiger partial charge in [-0.05, 0) is 18.1 Å². The molecule has 5 atom stereocenters. The van der Waals surface area contributed by atoms with Gasteiger partial charge in [-0.25, -0.2) is 4.79 Å². The lowest BCUT2D eigenvalue weighted by molar-refractivity contribution is -0.286. The van der Waals surface area contributed by atoms with Crippen LogP contribution in [0.25, 0.3) is 0 Å². The average molecular weight is 388 g/mol. The molecule has 150 valence electrons. The highest BCUT2D eigenvalue weighted by atomic mass is 16.7. The third-order valence-electron chi connectivity index (χ3n) is 4.04. The summed E-state index contributed by atoms with van der Waals surface area (Å²) < 4.78 is 14.6. The Balaban J connectivity index is 2.00. The zero-order valence-corrected chi connectivity index (χ0v) is 14.2. The number of aromatic hydroxyl groups is 2. The lowest BCUT2D eigenvalue weighted by atomic mass is 9.99. The third-order valence-corrected chi connectivity index (χ3v) is 4.04. The molecule has 27 heavy (non-hydrogen) atoms. The first-order valence-electron chi connectivity index (χ1n) is 7.86. The fourth-order valence-corrected chi connectivity index (χ4v) is 2.54. The Morgan fingerprint density at radius 1 is 1.07 bits per heavy atom. The van der Waals surface area contributed by atoms with Crippen LogP contribution in [0.5, 0.6) is 17.2 Å². The highest BCUT2D eigenvalue weighted by Gasteiger charge is 2.48. The first-order valence-corrected chi connectivity index (χ1v) is 7.86. The Labute approximate surface area is 153 Å². The molecule has 1 saturated heterocycles. The zero-order chi connectivity index (χ0) is 20.3. The summed E-state index contributed by atoms with van der Waals surface area (Å²) >= 11 is 0. The Morgan fingerprint density at radius 2 is 1.74 bits per heavy atom. The number of carbonyl (C=O) groups is 2. The summed E-state index contributed by atoms with van der Waals surface area (Å²) in [4.78, 5) is 23.0. The van der Waals surface area contributed by atoms with Crippen molar-refractivity contribution in [3.05, 3.63) is 17.7 Å². The van der Waals surface area contributed by atoms with Crippen molar-refractivity contribution < 1.29 is 54.4 Å². The van der Waals surface area contributed by atoms with E-state index in [4.69, 9.17) is 19.3 Å². The molecular formula is C16H20O11. The molecule has 2 rings (SSSR count). The number of phenolic OH excluding ortho intramolecular Hbond substituents is 2. The SMILES string of the molecule is COc1cc(CCC(=O)OC2OC(C(=O)O)C(O)C(O)C2O)c(O)cc1O. The summed E-state index contributed by atoms with van der Waals surface area (Å²) in [6, 6.07) is 2.37. The molecule has 0 spiro atoms. The first-order chi connectivity index (χ1) is 12.6. The van der Waals surface area contributed by atoms with Crippen molar-refractivity contribution in [1.29, 1.82) is 0 Å². The van der Waals surface area contributed by atoms with Crippen LogP contribution < -0.4 is 4.74 Å². The molecular weight excluding hydrogens is 368 g/mol. The number of methoxy groups -OCH3 is 1. The van der Waals surface area contributed by atoms with E-state index in [0.29, 0.717) is 0 Å². The maximum Gasteiger partial charge on any atom is 0.335 e. The maximum absolute atomic E-state index is 12.0. The minimum atomic E-state index is -1.89. The fraction of sp³-hybridized carbons (Fsp3) is 0.500. The van der Waals surface area contributed by atoms with Crippen molar-refractivity contribution in [2.24, 2.45) is 0 Å². The maximum atomic E-state index is 12.0. The van der Waals surface area contributed by atoms with E-state index in [2.05, 4.69) is 0 Å². The number of aliphatic hydroxyl groups excluding tert-OH is 3. The van der Waals surface area contributed by atoms with Gasteiger partial charge in [-0.3, -0.25) is 4.79 Å². The monoisotopic (exact) mass is 388 g/mol. The number of hydrogen-bond donors (Lipinski definition) is 6. The lowest BCUT2D eigenvalue weighted by Gasteiger charge is -2.37. The Morgan fingerprint density at radius 3 is 2.33 bits per heavy atom. The molecule has 1 heterocycles. The Kier molecular flexibility index (Phi) is 6.44. The molecule has 0 saturated carbocycles. The zero-order valence-electron chi connectivity index (χ0n) is 14.2. The number of aryl methyl sites for hydroxylation is 1. The second kappa shape index (κ2) is 8.39. The topological polar surface area (TPSA) is 183 Å². The summed E-state index contributed by atoms with van der Waals surface area (Å²) in [7, 11) is 1.31. The van der Waals surface area contributed by atoms with Gasteiger partial charge >= 0.3 is 11.9 Å². The van der Waals surface area contributed by atoms with Gasteiger partial charge in [0.2, 0.25) is 6.29 Å². The van der Waals surface area contributed by atoms with E-state index in [1.54, 1.807) is 0 Å². The molecule has 5 unspecified atom stereocenters. The highest BCUT2D eigenvalue weighted by Crippen LogP contribution is 2.33. The number of ether oxygens (including phenoxy) is 3. The molecule has 0 radical (unpaired) electrons. The van der Waals surface area contributed by atoms with Gasteiger partial charge < -0.3 is 44.8 Å². The molecule has 0 aliphatic carbocycles. The van der Waals surface area contributed by atoms with E-state index in [9.17, 15) is 35.1 Å². The molecule has 0 aromatic heterocycles. The van der Waals surface area contributed by atoms with Gasteiger partial charge in [0, 0.05) is 12.5 Å². The lowest BCUT2D eigenvalue weighted by Crippen LogP contribution is -2.60. The van der Waals surface area contributed by atoms with Crippen molar-refractivity contribution in [2.45, 2.75) is 43.5 Å². The second-order valence-electron chi connectivity index (χ2n) is 5.88. The van der Waals surface area contributed by atoms with Crippen LogP contribution in [-0.2, 0) is 25.5 Å². The summed E-state index contributed by atoms with van der Waals surface area (Å²) in [6.45, 7) is 0. The number of hydrogen-bond acceptors (Lipinski definition) is 10. The number of carbonyl (C=O) groups excluding carboxylic acids is 1. The smallest absolute Gasteiger partial charge is 0.335 e. The molecule has 1 aromatic carbocycles. The summed E-state index contributed by atoms with van der Waals surface area (Å²) in [5.74, 6) is -3.00. The number of esters is 1. The van der Waals surface area contributed by atoms with Crippen LogP contribution in [0.1, 0.15) is 12.0 Å². The Bertz CT molecular complexity index is 704.